The van der Waals surface area contributed by atoms with Gasteiger partial charge in [-0.15, -0.1) is 5.10 Å². The van der Waals surface area contributed by atoms with E-state index < -0.39 is 0 Å². The third kappa shape index (κ3) is 1.76. The van der Waals surface area contributed by atoms with Crippen LogP contribution in [0, 0.1) is 12.9 Å². The summed E-state index contributed by atoms with van der Waals surface area (Å²) in [6.07, 6.45) is 1.98. The van der Waals surface area contributed by atoms with E-state index >= 15 is 0 Å². The second kappa shape index (κ2) is 3.46. The summed E-state index contributed by atoms with van der Waals surface area (Å²) in [6.45, 7) is 4.30. The Kier molecular flexibility index (Phi) is 2.57. The van der Waals surface area contributed by atoms with E-state index in [0.717, 1.165) is 12.8 Å². The molecule has 0 amide bonds. The van der Waals surface area contributed by atoms with Crippen molar-refractivity contribution in [3.05, 3.63) is 11.6 Å². The highest BCUT2D eigenvalue weighted by Gasteiger charge is 2.05. The molecule has 0 aliphatic carbocycles. The van der Waals surface area contributed by atoms with Crippen molar-refractivity contribution in [3.8, 4) is 0 Å². The van der Waals surface area contributed by atoms with Gasteiger partial charge in [0.15, 0.2) is 0 Å². The molecule has 0 bridgehead atoms. The average molecular weight is 157 g/mol. The standard InChI is InChI=1S/C7H12FN3/c1-3-4-5-11-7(8)6(2)9-10-11/h3-5H2,1-2H3. The Labute approximate surface area is 65.2 Å². The molecule has 0 aliphatic heterocycles. The van der Waals surface area contributed by atoms with E-state index in [1.807, 2.05) is 0 Å². The van der Waals surface area contributed by atoms with Crippen LogP contribution in [-0.2, 0) is 6.54 Å². The lowest BCUT2D eigenvalue weighted by Crippen LogP contribution is -2.02. The fourth-order valence-electron chi connectivity index (χ4n) is 0.839. The molecule has 0 radical (unpaired) electrons. The Morgan fingerprint density at radius 3 is 2.73 bits per heavy atom. The normalized spacial score (nSPS) is 10.5. The summed E-state index contributed by atoms with van der Waals surface area (Å²) in [4.78, 5) is 0. The Morgan fingerprint density at radius 1 is 1.55 bits per heavy atom. The van der Waals surface area contributed by atoms with Gasteiger partial charge in [-0.1, -0.05) is 18.6 Å². The summed E-state index contributed by atoms with van der Waals surface area (Å²) in [7, 11) is 0. The minimum Gasteiger partial charge on any atom is -0.219 e. The van der Waals surface area contributed by atoms with Gasteiger partial charge in [-0.05, 0) is 13.3 Å². The van der Waals surface area contributed by atoms with Gasteiger partial charge in [-0.3, -0.25) is 0 Å². The summed E-state index contributed by atoms with van der Waals surface area (Å²) in [5.41, 5.74) is 0.376. The molecular formula is C7H12FN3. The number of aromatic nitrogens is 3. The summed E-state index contributed by atoms with van der Waals surface area (Å²) >= 11 is 0. The molecule has 0 spiro atoms. The summed E-state index contributed by atoms with van der Waals surface area (Å²) < 4.78 is 14.2. The highest BCUT2D eigenvalue weighted by molar-refractivity contribution is 4.90. The van der Waals surface area contributed by atoms with Crippen LogP contribution in [0.4, 0.5) is 4.39 Å². The Balaban J connectivity index is 2.63. The van der Waals surface area contributed by atoms with Crippen LogP contribution < -0.4 is 0 Å². The van der Waals surface area contributed by atoms with Gasteiger partial charge in [0.05, 0.1) is 0 Å². The van der Waals surface area contributed by atoms with Crippen LogP contribution >= 0.6 is 0 Å². The monoisotopic (exact) mass is 157 g/mol. The van der Waals surface area contributed by atoms with E-state index in [-0.39, 0.29) is 5.95 Å². The molecule has 1 rings (SSSR count). The molecule has 1 heterocycles. The molecular weight excluding hydrogens is 145 g/mol. The van der Waals surface area contributed by atoms with Crippen LogP contribution in [0.3, 0.4) is 0 Å². The predicted octanol–water partition coefficient (Wildman–Crippen LogP) is 1.53. The molecule has 0 aromatic carbocycles. The number of aryl methyl sites for hydroxylation is 2. The maximum Gasteiger partial charge on any atom is 0.234 e. The first-order valence-corrected chi connectivity index (χ1v) is 3.81. The number of hydrogen-bond acceptors (Lipinski definition) is 2. The summed E-state index contributed by atoms with van der Waals surface area (Å²) in [6, 6.07) is 0. The summed E-state index contributed by atoms with van der Waals surface area (Å²) in [5, 5.41) is 7.25. The topological polar surface area (TPSA) is 30.7 Å². The van der Waals surface area contributed by atoms with Gasteiger partial charge in [0, 0.05) is 6.54 Å². The molecule has 0 saturated carbocycles. The predicted molar refractivity (Wildman–Crippen MR) is 39.6 cm³/mol. The first kappa shape index (κ1) is 8.17. The van der Waals surface area contributed by atoms with Gasteiger partial charge in [-0.25, -0.2) is 4.68 Å². The van der Waals surface area contributed by atoms with Crippen molar-refractivity contribution < 1.29 is 4.39 Å². The minimum atomic E-state index is -0.307. The van der Waals surface area contributed by atoms with Crippen LogP contribution in [0.25, 0.3) is 0 Å². The van der Waals surface area contributed by atoms with Crippen molar-refractivity contribution in [3.63, 3.8) is 0 Å². The van der Waals surface area contributed by atoms with Gasteiger partial charge in [0.2, 0.25) is 5.95 Å². The maximum atomic E-state index is 12.9. The van der Waals surface area contributed by atoms with E-state index in [2.05, 4.69) is 17.2 Å². The Hall–Kier alpha value is -0.930. The van der Waals surface area contributed by atoms with Gasteiger partial charge < -0.3 is 0 Å². The van der Waals surface area contributed by atoms with Crippen LogP contribution in [0.15, 0.2) is 0 Å². The first-order valence-electron chi connectivity index (χ1n) is 3.81. The molecule has 1 aromatic heterocycles. The molecule has 0 atom stereocenters. The van der Waals surface area contributed by atoms with Gasteiger partial charge in [0.25, 0.3) is 0 Å². The van der Waals surface area contributed by atoms with Gasteiger partial charge in [0.1, 0.15) is 5.69 Å². The van der Waals surface area contributed by atoms with Crippen molar-refractivity contribution >= 4 is 0 Å². The number of unbranched alkanes of at least 4 members (excludes halogenated alkanes) is 1. The molecule has 4 heteroatoms. The summed E-state index contributed by atoms with van der Waals surface area (Å²) in [5.74, 6) is -0.307. The molecule has 0 saturated heterocycles. The lowest BCUT2D eigenvalue weighted by atomic mass is 10.3. The smallest absolute Gasteiger partial charge is 0.219 e. The molecule has 11 heavy (non-hydrogen) atoms. The zero-order valence-electron chi connectivity index (χ0n) is 6.84. The zero-order chi connectivity index (χ0) is 8.27. The van der Waals surface area contributed by atoms with Crippen molar-refractivity contribution in [2.45, 2.75) is 33.2 Å². The molecule has 0 N–H and O–H groups in total. The average Bonchev–Trinajstić information content (AvgIpc) is 2.31. The second-order valence-corrected chi connectivity index (χ2v) is 2.54. The fraction of sp³-hybridized carbons (Fsp3) is 0.714. The van der Waals surface area contributed by atoms with Crippen LogP contribution in [0.5, 0.6) is 0 Å². The third-order valence-electron chi connectivity index (χ3n) is 1.55. The zero-order valence-corrected chi connectivity index (χ0v) is 6.84. The molecule has 0 fully saturated rings. The van der Waals surface area contributed by atoms with Crippen LogP contribution in [-0.4, -0.2) is 15.0 Å². The maximum absolute atomic E-state index is 12.9. The van der Waals surface area contributed by atoms with Crippen LogP contribution in [0.2, 0.25) is 0 Å². The van der Waals surface area contributed by atoms with Crippen LogP contribution in [0.1, 0.15) is 25.5 Å². The highest BCUT2D eigenvalue weighted by atomic mass is 19.1. The Morgan fingerprint density at radius 2 is 2.27 bits per heavy atom. The molecule has 3 nitrogen and oxygen atoms in total. The number of nitrogens with zero attached hydrogens (tertiary/aromatic N) is 3. The SMILES string of the molecule is CCCCn1nnc(C)c1F. The minimum absolute atomic E-state index is 0.307. The molecule has 1 aromatic rings. The largest absolute Gasteiger partial charge is 0.234 e. The third-order valence-corrected chi connectivity index (χ3v) is 1.55. The molecule has 0 aliphatic rings. The lowest BCUT2D eigenvalue weighted by Gasteiger charge is -1.97. The molecule has 0 unspecified atom stereocenters. The van der Waals surface area contributed by atoms with E-state index in [1.165, 1.54) is 4.68 Å². The molecule has 62 valence electrons. The number of rotatable bonds is 3. The van der Waals surface area contributed by atoms with Gasteiger partial charge in [-0.2, -0.15) is 4.39 Å². The first-order chi connectivity index (χ1) is 5.25. The number of hydrogen-bond donors (Lipinski definition) is 0. The quantitative estimate of drug-likeness (QED) is 0.666. The fourth-order valence-corrected chi connectivity index (χ4v) is 0.839. The highest BCUT2D eigenvalue weighted by Crippen LogP contribution is 2.01. The number of halogens is 1. The van der Waals surface area contributed by atoms with Crippen molar-refractivity contribution in [1.82, 2.24) is 15.0 Å². The van der Waals surface area contributed by atoms with Crippen molar-refractivity contribution in [2.75, 3.05) is 0 Å². The Bertz CT molecular complexity index is 232. The second-order valence-electron chi connectivity index (χ2n) is 2.54. The van der Waals surface area contributed by atoms with E-state index in [1.54, 1.807) is 6.92 Å². The van der Waals surface area contributed by atoms with Crippen molar-refractivity contribution in [1.29, 1.82) is 0 Å². The van der Waals surface area contributed by atoms with E-state index in [4.69, 9.17) is 0 Å². The van der Waals surface area contributed by atoms with Crippen molar-refractivity contribution in [2.24, 2.45) is 0 Å². The lowest BCUT2D eigenvalue weighted by molar-refractivity contribution is 0.437. The van der Waals surface area contributed by atoms with E-state index in [9.17, 15) is 4.39 Å². The van der Waals surface area contributed by atoms with E-state index in [0.29, 0.717) is 12.2 Å². The van der Waals surface area contributed by atoms with Gasteiger partial charge >= 0.3 is 0 Å².